The number of rotatable bonds is 2. The van der Waals surface area contributed by atoms with Crippen molar-refractivity contribution in [2.45, 2.75) is 6.29 Å². The van der Waals surface area contributed by atoms with Crippen LogP contribution in [0.5, 0.6) is 0 Å². The molecule has 2 aromatic rings. The predicted octanol–water partition coefficient (Wildman–Crippen LogP) is 2.16. The van der Waals surface area contributed by atoms with E-state index in [9.17, 15) is 4.79 Å². The summed E-state index contributed by atoms with van der Waals surface area (Å²) in [6.07, 6.45) is 0.307. The Morgan fingerprint density at radius 3 is 2.40 bits per heavy atom. The molecule has 20 heavy (non-hydrogen) atoms. The zero-order valence-corrected chi connectivity index (χ0v) is 10.6. The lowest BCUT2D eigenvalue weighted by Crippen LogP contribution is -2.03. The van der Waals surface area contributed by atoms with Gasteiger partial charge in [0.25, 0.3) is 5.91 Å². The van der Waals surface area contributed by atoms with Crippen LogP contribution in [-0.4, -0.2) is 16.1 Å². The molecule has 4 heteroatoms. The molecule has 0 saturated carbocycles. The summed E-state index contributed by atoms with van der Waals surface area (Å²) in [6.45, 7) is 0. The van der Waals surface area contributed by atoms with Gasteiger partial charge in [0, 0.05) is 22.4 Å². The highest BCUT2D eigenvalue weighted by atomic mass is 16.5. The highest BCUT2D eigenvalue weighted by molar-refractivity contribution is 6.34. The van der Waals surface area contributed by atoms with Crippen molar-refractivity contribution in [2.24, 2.45) is 0 Å². The van der Waals surface area contributed by atoms with E-state index in [0.29, 0.717) is 11.1 Å². The molecule has 0 spiro atoms. The summed E-state index contributed by atoms with van der Waals surface area (Å²) in [7, 11) is 0. The normalized spacial score (nSPS) is 15.6. The second-order valence-electron chi connectivity index (χ2n) is 4.60. The van der Waals surface area contributed by atoms with E-state index in [1.54, 1.807) is 30.3 Å². The summed E-state index contributed by atoms with van der Waals surface area (Å²) in [4.78, 5) is 12.0. The Morgan fingerprint density at radius 2 is 1.70 bits per heavy atom. The molecular weight excluding hydrogens is 254 g/mol. The number of fused-ring (bicyclic) bond motifs is 1. The van der Waals surface area contributed by atoms with Crippen LogP contribution in [0.3, 0.4) is 0 Å². The van der Waals surface area contributed by atoms with Gasteiger partial charge in [-0.15, -0.1) is 0 Å². The average Bonchev–Trinajstić information content (AvgIpc) is 2.76. The quantitative estimate of drug-likeness (QED) is 0.577. The minimum Gasteiger partial charge on any atom is -0.364 e. The molecule has 1 heterocycles. The maximum atomic E-state index is 12.0. The monoisotopic (exact) mass is 267 g/mol. The maximum Gasteiger partial charge on any atom is 0.256 e. The first-order chi connectivity index (χ1) is 9.65. The number of amides is 1. The van der Waals surface area contributed by atoms with Gasteiger partial charge in [0.05, 0.1) is 0 Å². The first kappa shape index (κ1) is 12.6. The molecule has 0 aromatic heterocycles. The van der Waals surface area contributed by atoms with Crippen LogP contribution in [0.15, 0.2) is 48.5 Å². The SMILES string of the molecule is O=C1Nc2ccccc2/C1=C/c1ccc(C(O)O)cc1. The molecule has 3 rings (SSSR count). The van der Waals surface area contributed by atoms with Crippen LogP contribution < -0.4 is 5.32 Å². The molecule has 0 radical (unpaired) electrons. The fraction of sp³-hybridized carbons (Fsp3) is 0.0625. The summed E-state index contributed by atoms with van der Waals surface area (Å²) in [5, 5.41) is 20.9. The lowest BCUT2D eigenvalue weighted by Gasteiger charge is -2.04. The number of benzene rings is 2. The van der Waals surface area contributed by atoms with Crippen molar-refractivity contribution in [3.8, 4) is 0 Å². The maximum absolute atomic E-state index is 12.0. The number of carbonyl (C=O) groups excluding carboxylic acids is 1. The van der Waals surface area contributed by atoms with Gasteiger partial charge in [-0.05, 0) is 17.7 Å². The fourth-order valence-corrected chi connectivity index (χ4v) is 2.21. The zero-order valence-electron chi connectivity index (χ0n) is 10.6. The van der Waals surface area contributed by atoms with Gasteiger partial charge < -0.3 is 15.5 Å². The number of carbonyl (C=O) groups is 1. The molecule has 3 N–H and O–H groups in total. The number of aliphatic hydroxyl groups is 2. The van der Waals surface area contributed by atoms with Crippen molar-refractivity contribution < 1.29 is 15.0 Å². The Bertz CT molecular complexity index is 687. The Kier molecular flexibility index (Phi) is 3.10. The largest absolute Gasteiger partial charge is 0.364 e. The number of aliphatic hydroxyl groups excluding tert-OH is 1. The van der Waals surface area contributed by atoms with Crippen molar-refractivity contribution in [2.75, 3.05) is 5.32 Å². The first-order valence-electron chi connectivity index (χ1n) is 6.24. The molecule has 1 amide bonds. The van der Waals surface area contributed by atoms with Crippen LogP contribution in [0.1, 0.15) is 23.0 Å². The van der Waals surface area contributed by atoms with E-state index >= 15 is 0 Å². The fourth-order valence-electron chi connectivity index (χ4n) is 2.21. The lowest BCUT2D eigenvalue weighted by atomic mass is 10.0. The third-order valence-electron chi connectivity index (χ3n) is 3.26. The van der Waals surface area contributed by atoms with Gasteiger partial charge in [0.15, 0.2) is 6.29 Å². The Labute approximate surface area is 116 Å². The third kappa shape index (κ3) is 2.22. The average molecular weight is 267 g/mol. The minimum absolute atomic E-state index is 0.127. The molecular formula is C16H13NO3. The Morgan fingerprint density at radius 1 is 1.00 bits per heavy atom. The molecule has 0 unspecified atom stereocenters. The molecule has 2 aromatic carbocycles. The number of nitrogens with one attached hydrogen (secondary N) is 1. The molecule has 1 aliphatic rings. The number of hydrogen-bond acceptors (Lipinski definition) is 3. The van der Waals surface area contributed by atoms with E-state index in [2.05, 4.69) is 5.32 Å². The summed E-state index contributed by atoms with van der Waals surface area (Å²) >= 11 is 0. The zero-order chi connectivity index (χ0) is 14.1. The molecule has 4 nitrogen and oxygen atoms in total. The van der Waals surface area contributed by atoms with E-state index in [0.717, 1.165) is 16.8 Å². The number of anilines is 1. The Hall–Kier alpha value is -2.43. The first-order valence-corrected chi connectivity index (χ1v) is 6.24. The van der Waals surface area contributed by atoms with Crippen LogP contribution in [-0.2, 0) is 4.79 Å². The molecule has 0 aliphatic carbocycles. The van der Waals surface area contributed by atoms with Crippen molar-refractivity contribution in [1.82, 2.24) is 0 Å². The van der Waals surface area contributed by atoms with E-state index in [1.165, 1.54) is 0 Å². The summed E-state index contributed by atoms with van der Waals surface area (Å²) in [5.41, 5.74) is 3.55. The minimum atomic E-state index is -1.48. The summed E-state index contributed by atoms with van der Waals surface area (Å²) in [6, 6.07) is 14.2. The third-order valence-corrected chi connectivity index (χ3v) is 3.26. The topological polar surface area (TPSA) is 69.6 Å². The van der Waals surface area contributed by atoms with Crippen LogP contribution in [0.25, 0.3) is 11.6 Å². The van der Waals surface area contributed by atoms with E-state index < -0.39 is 6.29 Å². The molecule has 0 saturated heterocycles. The smallest absolute Gasteiger partial charge is 0.256 e. The number of para-hydroxylation sites is 1. The molecule has 100 valence electrons. The van der Waals surface area contributed by atoms with E-state index in [-0.39, 0.29) is 5.91 Å². The highest BCUT2D eigenvalue weighted by Crippen LogP contribution is 2.32. The predicted molar refractivity (Wildman–Crippen MR) is 76.6 cm³/mol. The van der Waals surface area contributed by atoms with Gasteiger partial charge in [-0.1, -0.05) is 42.5 Å². The van der Waals surface area contributed by atoms with Crippen LogP contribution in [0, 0.1) is 0 Å². The second kappa shape index (κ2) is 4.92. The standard InChI is InChI=1S/C16H13NO3/c18-15-13(12-3-1-2-4-14(12)17-15)9-10-5-7-11(8-6-10)16(19)20/h1-9,16,19-20H,(H,17,18)/b13-9-. The molecule has 1 aliphatic heterocycles. The second-order valence-corrected chi connectivity index (χ2v) is 4.60. The van der Waals surface area contributed by atoms with Crippen molar-refractivity contribution in [1.29, 1.82) is 0 Å². The number of hydrogen-bond donors (Lipinski definition) is 3. The van der Waals surface area contributed by atoms with Gasteiger partial charge >= 0.3 is 0 Å². The van der Waals surface area contributed by atoms with Crippen molar-refractivity contribution in [3.63, 3.8) is 0 Å². The van der Waals surface area contributed by atoms with Crippen molar-refractivity contribution >= 4 is 23.2 Å². The van der Waals surface area contributed by atoms with Crippen LogP contribution in [0.2, 0.25) is 0 Å². The highest BCUT2D eigenvalue weighted by Gasteiger charge is 2.23. The molecule has 0 fully saturated rings. The lowest BCUT2D eigenvalue weighted by molar-refractivity contribution is -0.110. The van der Waals surface area contributed by atoms with Crippen LogP contribution >= 0.6 is 0 Å². The molecule has 0 bridgehead atoms. The summed E-state index contributed by atoms with van der Waals surface area (Å²) < 4.78 is 0. The van der Waals surface area contributed by atoms with E-state index in [4.69, 9.17) is 10.2 Å². The van der Waals surface area contributed by atoms with Gasteiger partial charge in [-0.25, -0.2) is 0 Å². The Balaban J connectivity index is 1.98. The van der Waals surface area contributed by atoms with Crippen molar-refractivity contribution in [3.05, 3.63) is 65.2 Å². The molecule has 0 atom stereocenters. The van der Waals surface area contributed by atoms with Gasteiger partial charge in [0.2, 0.25) is 0 Å². The van der Waals surface area contributed by atoms with Crippen LogP contribution in [0.4, 0.5) is 5.69 Å². The summed E-state index contributed by atoms with van der Waals surface area (Å²) in [5.74, 6) is -0.127. The van der Waals surface area contributed by atoms with Gasteiger partial charge in [-0.2, -0.15) is 0 Å². The van der Waals surface area contributed by atoms with Gasteiger partial charge in [0.1, 0.15) is 0 Å². The van der Waals surface area contributed by atoms with E-state index in [1.807, 2.05) is 24.3 Å². The van der Waals surface area contributed by atoms with Gasteiger partial charge in [-0.3, -0.25) is 4.79 Å².